The minimum atomic E-state index is -0.507. The van der Waals surface area contributed by atoms with Crippen LogP contribution >= 0.6 is 11.8 Å². The molecule has 3 aromatic rings. The highest BCUT2D eigenvalue weighted by molar-refractivity contribution is 7.99. The molecule has 3 heterocycles. The van der Waals surface area contributed by atoms with E-state index in [4.69, 9.17) is 8.83 Å². The van der Waals surface area contributed by atoms with E-state index in [1.54, 1.807) is 13.0 Å². The van der Waals surface area contributed by atoms with Gasteiger partial charge in [0, 0.05) is 12.3 Å². The highest BCUT2D eigenvalue weighted by atomic mass is 32.2. The Labute approximate surface area is 122 Å². The molecule has 0 aliphatic carbocycles. The van der Waals surface area contributed by atoms with E-state index in [-0.39, 0.29) is 15.9 Å². The van der Waals surface area contributed by atoms with Crippen molar-refractivity contribution in [3.63, 3.8) is 0 Å². The maximum atomic E-state index is 10.9. The molecular formula is C12H8N4O4S. The fraction of sp³-hybridized carbons (Fsp3) is 0.0833. The third-order valence-corrected chi connectivity index (χ3v) is 3.47. The highest BCUT2D eigenvalue weighted by Crippen LogP contribution is 2.33. The van der Waals surface area contributed by atoms with Crippen LogP contribution in [0.3, 0.4) is 0 Å². The van der Waals surface area contributed by atoms with Crippen LogP contribution in [0.2, 0.25) is 0 Å². The molecule has 0 atom stereocenters. The van der Waals surface area contributed by atoms with Crippen molar-refractivity contribution < 1.29 is 13.8 Å². The van der Waals surface area contributed by atoms with Crippen molar-refractivity contribution in [1.82, 2.24) is 15.2 Å². The van der Waals surface area contributed by atoms with Gasteiger partial charge in [-0.15, -0.1) is 10.2 Å². The van der Waals surface area contributed by atoms with Crippen molar-refractivity contribution in [1.29, 1.82) is 0 Å². The Morgan fingerprint density at radius 2 is 2.19 bits per heavy atom. The van der Waals surface area contributed by atoms with Gasteiger partial charge in [0.2, 0.25) is 0 Å². The molecule has 0 aromatic carbocycles. The van der Waals surface area contributed by atoms with E-state index in [0.29, 0.717) is 17.2 Å². The minimum Gasteiger partial charge on any atom is -0.469 e. The number of aromatic nitrogens is 3. The Morgan fingerprint density at radius 1 is 1.33 bits per heavy atom. The number of hydrogen-bond donors (Lipinski definition) is 0. The molecule has 0 unspecified atom stereocenters. The second kappa shape index (κ2) is 5.37. The molecule has 0 aliphatic rings. The first kappa shape index (κ1) is 13.3. The SMILES string of the molecule is Cc1occc1-c1nnc(Sc2ncccc2[N+](=O)[O-])o1. The first-order valence-corrected chi connectivity index (χ1v) is 6.62. The molecule has 0 saturated heterocycles. The molecule has 0 saturated carbocycles. The van der Waals surface area contributed by atoms with E-state index in [0.717, 1.165) is 11.8 Å². The highest BCUT2D eigenvalue weighted by Gasteiger charge is 2.19. The van der Waals surface area contributed by atoms with Gasteiger partial charge in [-0.05, 0) is 30.8 Å². The molecule has 3 rings (SSSR count). The normalized spacial score (nSPS) is 10.7. The van der Waals surface area contributed by atoms with Crippen molar-refractivity contribution in [2.75, 3.05) is 0 Å². The number of aryl methyl sites for hydroxylation is 1. The van der Waals surface area contributed by atoms with E-state index in [1.807, 2.05) is 0 Å². The molecule has 106 valence electrons. The van der Waals surface area contributed by atoms with Crippen LogP contribution in [0, 0.1) is 17.0 Å². The van der Waals surface area contributed by atoms with Crippen LogP contribution in [-0.2, 0) is 0 Å². The summed E-state index contributed by atoms with van der Waals surface area (Å²) in [6, 6.07) is 4.57. The average Bonchev–Trinajstić information content (AvgIpc) is 3.08. The van der Waals surface area contributed by atoms with Crippen LogP contribution in [-0.4, -0.2) is 20.1 Å². The molecule has 21 heavy (non-hydrogen) atoms. The second-order valence-electron chi connectivity index (χ2n) is 3.95. The molecule has 8 nitrogen and oxygen atoms in total. The van der Waals surface area contributed by atoms with Crippen LogP contribution in [0.4, 0.5) is 5.69 Å². The van der Waals surface area contributed by atoms with Gasteiger partial charge in [-0.3, -0.25) is 10.1 Å². The van der Waals surface area contributed by atoms with E-state index in [1.165, 1.54) is 24.6 Å². The maximum absolute atomic E-state index is 10.9. The van der Waals surface area contributed by atoms with Gasteiger partial charge in [0.05, 0.1) is 16.7 Å². The van der Waals surface area contributed by atoms with Crippen molar-refractivity contribution in [3.05, 3.63) is 46.5 Å². The molecule has 0 bridgehead atoms. The Bertz CT molecular complexity index is 798. The monoisotopic (exact) mass is 304 g/mol. The van der Waals surface area contributed by atoms with E-state index >= 15 is 0 Å². The maximum Gasteiger partial charge on any atom is 0.301 e. The smallest absolute Gasteiger partial charge is 0.301 e. The zero-order chi connectivity index (χ0) is 14.8. The Balaban J connectivity index is 1.89. The summed E-state index contributed by atoms with van der Waals surface area (Å²) < 4.78 is 10.6. The predicted molar refractivity (Wildman–Crippen MR) is 71.8 cm³/mol. The lowest BCUT2D eigenvalue weighted by Gasteiger charge is -1.97. The summed E-state index contributed by atoms with van der Waals surface area (Å²) >= 11 is 0.943. The lowest BCUT2D eigenvalue weighted by molar-refractivity contribution is -0.388. The molecule has 0 spiro atoms. The summed E-state index contributed by atoms with van der Waals surface area (Å²) in [6.45, 7) is 1.77. The number of pyridine rings is 1. The van der Waals surface area contributed by atoms with Gasteiger partial charge in [0.25, 0.3) is 11.1 Å². The zero-order valence-electron chi connectivity index (χ0n) is 10.7. The van der Waals surface area contributed by atoms with Gasteiger partial charge in [-0.25, -0.2) is 4.98 Å². The van der Waals surface area contributed by atoms with Crippen LogP contribution in [0.1, 0.15) is 5.76 Å². The molecule has 0 radical (unpaired) electrons. The minimum absolute atomic E-state index is 0.109. The Kier molecular flexibility index (Phi) is 3.40. The standard InChI is InChI=1S/C12H8N4O4S/c1-7-8(4-6-19-7)10-14-15-12(20-10)21-11-9(16(17)18)3-2-5-13-11/h2-6H,1H3. The molecule has 9 heteroatoms. The topological polar surface area (TPSA) is 108 Å². The summed E-state index contributed by atoms with van der Waals surface area (Å²) in [5.74, 6) is 0.946. The molecule has 3 aromatic heterocycles. The second-order valence-corrected chi connectivity index (χ2v) is 4.89. The third kappa shape index (κ3) is 2.63. The Hall–Kier alpha value is -2.68. The zero-order valence-corrected chi connectivity index (χ0v) is 11.5. The van der Waals surface area contributed by atoms with Crippen LogP contribution in [0.25, 0.3) is 11.5 Å². The van der Waals surface area contributed by atoms with Crippen LogP contribution in [0.15, 0.2) is 49.7 Å². The fourth-order valence-corrected chi connectivity index (χ4v) is 2.38. The van der Waals surface area contributed by atoms with Gasteiger partial charge in [0.15, 0.2) is 5.03 Å². The third-order valence-electron chi connectivity index (χ3n) is 2.63. The average molecular weight is 304 g/mol. The lowest BCUT2D eigenvalue weighted by Crippen LogP contribution is -1.92. The molecule has 0 aliphatic heterocycles. The van der Waals surface area contributed by atoms with Crippen LogP contribution < -0.4 is 0 Å². The van der Waals surface area contributed by atoms with Gasteiger partial charge in [-0.1, -0.05) is 0 Å². The predicted octanol–water partition coefficient (Wildman–Crippen LogP) is 3.09. The number of rotatable bonds is 4. The quantitative estimate of drug-likeness (QED) is 0.534. The molecule has 0 amide bonds. The largest absolute Gasteiger partial charge is 0.469 e. The first-order chi connectivity index (χ1) is 10.1. The summed E-state index contributed by atoms with van der Waals surface area (Å²) in [7, 11) is 0. The van der Waals surface area contributed by atoms with Gasteiger partial charge < -0.3 is 8.83 Å². The summed E-state index contributed by atoms with van der Waals surface area (Å²) in [6.07, 6.45) is 2.98. The molecular weight excluding hydrogens is 296 g/mol. The Morgan fingerprint density at radius 3 is 2.90 bits per heavy atom. The lowest BCUT2D eigenvalue weighted by atomic mass is 10.3. The van der Waals surface area contributed by atoms with Gasteiger partial charge >= 0.3 is 5.69 Å². The number of hydrogen-bond acceptors (Lipinski definition) is 8. The van der Waals surface area contributed by atoms with Gasteiger partial charge in [0.1, 0.15) is 5.76 Å². The number of nitro groups is 1. The van der Waals surface area contributed by atoms with E-state index < -0.39 is 4.92 Å². The van der Waals surface area contributed by atoms with Crippen molar-refractivity contribution >= 4 is 17.4 Å². The van der Waals surface area contributed by atoms with Crippen LogP contribution in [0.5, 0.6) is 0 Å². The van der Waals surface area contributed by atoms with Crippen molar-refractivity contribution in [2.45, 2.75) is 17.2 Å². The fourth-order valence-electron chi connectivity index (χ4n) is 1.65. The van der Waals surface area contributed by atoms with Crippen molar-refractivity contribution in [2.24, 2.45) is 0 Å². The first-order valence-electron chi connectivity index (χ1n) is 5.80. The van der Waals surface area contributed by atoms with E-state index in [9.17, 15) is 10.1 Å². The number of nitrogens with zero attached hydrogens (tertiary/aromatic N) is 4. The molecule has 0 fully saturated rings. The summed E-state index contributed by atoms with van der Waals surface area (Å²) in [5, 5.41) is 19.0. The van der Waals surface area contributed by atoms with Crippen molar-refractivity contribution in [3.8, 4) is 11.5 Å². The summed E-state index contributed by atoms with van der Waals surface area (Å²) in [5.41, 5.74) is 0.576. The van der Waals surface area contributed by atoms with Gasteiger partial charge in [-0.2, -0.15) is 0 Å². The summed E-state index contributed by atoms with van der Waals surface area (Å²) in [4.78, 5) is 14.4. The van der Waals surface area contributed by atoms with E-state index in [2.05, 4.69) is 15.2 Å². The molecule has 0 N–H and O–H groups in total. The number of furan rings is 1.